The molecule has 5 N–H and O–H groups in total. The number of aromatic nitrogens is 1. The Morgan fingerprint density at radius 3 is 2.63 bits per heavy atom. The summed E-state index contributed by atoms with van der Waals surface area (Å²) >= 11 is 0. The lowest BCUT2D eigenvalue weighted by Gasteiger charge is -2.17. The molecule has 2 amide bonds. The Kier molecular flexibility index (Phi) is 7.05. The molecule has 7 heteroatoms. The van der Waals surface area contributed by atoms with Crippen LogP contribution in [0.4, 0.5) is 5.82 Å². The van der Waals surface area contributed by atoms with E-state index < -0.39 is 6.04 Å². The van der Waals surface area contributed by atoms with Gasteiger partial charge in [0.25, 0.3) is 0 Å². The zero-order valence-corrected chi connectivity index (χ0v) is 17.9. The lowest BCUT2D eigenvalue weighted by atomic mass is 9.96. The molecule has 0 bridgehead atoms. The molecule has 1 aromatic carbocycles. The number of carbonyl (C=O) groups is 2. The minimum absolute atomic E-state index is 0.130. The summed E-state index contributed by atoms with van der Waals surface area (Å²) in [5.74, 6) is 0.504. The van der Waals surface area contributed by atoms with Crippen molar-refractivity contribution in [2.24, 2.45) is 5.92 Å². The molecule has 1 saturated heterocycles. The Labute approximate surface area is 177 Å². The van der Waals surface area contributed by atoms with Crippen LogP contribution in [0.2, 0.25) is 0 Å². The topological polar surface area (TPSA) is 109 Å². The van der Waals surface area contributed by atoms with Gasteiger partial charge in [-0.25, -0.2) is 4.98 Å². The van der Waals surface area contributed by atoms with Crippen molar-refractivity contribution in [3.05, 3.63) is 58.8 Å². The van der Waals surface area contributed by atoms with Gasteiger partial charge in [-0.2, -0.15) is 0 Å². The standard InChI is InChI=1S/C23H31N5O2/c1-14-4-6-17(7-5-14)10-18-11-20(25-12-18)23(30)28-16(3)22(29)26-13-19-8-9-21(24)27-15(19)2/h4-9,16,18,20,25H,10-13H2,1-3H3,(H2,24,27)(H,26,29)(H,28,30)/t16-,18-,20+/m0/s1. The summed E-state index contributed by atoms with van der Waals surface area (Å²) in [6.45, 7) is 6.77. The third-order valence-corrected chi connectivity index (χ3v) is 5.61. The maximum atomic E-state index is 12.6. The number of rotatable bonds is 7. The lowest BCUT2D eigenvalue weighted by Crippen LogP contribution is -2.50. The lowest BCUT2D eigenvalue weighted by molar-refractivity contribution is -0.129. The van der Waals surface area contributed by atoms with E-state index in [0.717, 1.165) is 30.6 Å². The molecule has 1 aliphatic rings. The van der Waals surface area contributed by atoms with Crippen molar-refractivity contribution < 1.29 is 9.59 Å². The number of nitrogens with one attached hydrogen (secondary N) is 3. The summed E-state index contributed by atoms with van der Waals surface area (Å²) in [6, 6.07) is 11.2. The molecule has 3 rings (SSSR count). The second-order valence-corrected chi connectivity index (χ2v) is 8.18. The van der Waals surface area contributed by atoms with E-state index >= 15 is 0 Å². The van der Waals surface area contributed by atoms with Crippen LogP contribution in [0.5, 0.6) is 0 Å². The normalized spacial score (nSPS) is 19.3. The molecule has 2 heterocycles. The van der Waals surface area contributed by atoms with Crippen LogP contribution in [0.25, 0.3) is 0 Å². The number of carbonyl (C=O) groups excluding carboxylic acids is 2. The van der Waals surface area contributed by atoms with E-state index in [9.17, 15) is 9.59 Å². The van der Waals surface area contributed by atoms with Crippen LogP contribution in [-0.4, -0.2) is 35.4 Å². The first-order chi connectivity index (χ1) is 14.3. The molecule has 30 heavy (non-hydrogen) atoms. The second-order valence-electron chi connectivity index (χ2n) is 8.18. The van der Waals surface area contributed by atoms with E-state index in [1.54, 1.807) is 13.0 Å². The molecule has 0 unspecified atom stereocenters. The van der Waals surface area contributed by atoms with Gasteiger partial charge in [-0.05, 0) is 63.3 Å². The maximum Gasteiger partial charge on any atom is 0.242 e. The van der Waals surface area contributed by atoms with Crippen LogP contribution < -0.4 is 21.7 Å². The monoisotopic (exact) mass is 409 g/mol. The Hall–Kier alpha value is -2.93. The largest absolute Gasteiger partial charge is 0.384 e. The van der Waals surface area contributed by atoms with E-state index in [1.807, 2.05) is 13.0 Å². The smallest absolute Gasteiger partial charge is 0.242 e. The van der Waals surface area contributed by atoms with Crippen LogP contribution in [0.3, 0.4) is 0 Å². The fourth-order valence-electron chi connectivity index (χ4n) is 3.73. The second kappa shape index (κ2) is 9.71. The zero-order chi connectivity index (χ0) is 21.7. The molecule has 0 spiro atoms. The van der Waals surface area contributed by atoms with Gasteiger partial charge < -0.3 is 21.7 Å². The van der Waals surface area contributed by atoms with Crippen molar-refractivity contribution in [3.63, 3.8) is 0 Å². The van der Waals surface area contributed by atoms with Gasteiger partial charge in [0, 0.05) is 12.2 Å². The van der Waals surface area contributed by atoms with Gasteiger partial charge in [-0.1, -0.05) is 35.9 Å². The molecule has 1 aromatic heterocycles. The first-order valence-corrected chi connectivity index (χ1v) is 10.4. The number of benzene rings is 1. The van der Waals surface area contributed by atoms with E-state index in [0.29, 0.717) is 18.3 Å². The number of anilines is 1. The summed E-state index contributed by atoms with van der Waals surface area (Å²) in [7, 11) is 0. The number of hydrogen-bond acceptors (Lipinski definition) is 5. The Bertz CT molecular complexity index is 897. The van der Waals surface area contributed by atoms with Crippen molar-refractivity contribution in [1.82, 2.24) is 20.9 Å². The highest BCUT2D eigenvalue weighted by atomic mass is 16.2. The summed E-state index contributed by atoms with van der Waals surface area (Å²) in [5.41, 5.74) is 9.86. The summed E-state index contributed by atoms with van der Waals surface area (Å²) < 4.78 is 0. The van der Waals surface area contributed by atoms with Gasteiger partial charge >= 0.3 is 0 Å². The minimum atomic E-state index is -0.613. The molecule has 7 nitrogen and oxygen atoms in total. The van der Waals surface area contributed by atoms with E-state index in [2.05, 4.69) is 52.1 Å². The molecule has 1 fully saturated rings. The van der Waals surface area contributed by atoms with Crippen molar-refractivity contribution in [1.29, 1.82) is 0 Å². The van der Waals surface area contributed by atoms with Crippen LogP contribution in [0.1, 0.15) is 35.7 Å². The van der Waals surface area contributed by atoms with Crippen LogP contribution >= 0.6 is 0 Å². The first-order valence-electron chi connectivity index (χ1n) is 10.4. The number of amides is 2. The number of hydrogen-bond donors (Lipinski definition) is 4. The molecule has 0 radical (unpaired) electrons. The number of pyridine rings is 1. The highest BCUT2D eigenvalue weighted by Gasteiger charge is 2.30. The zero-order valence-electron chi connectivity index (χ0n) is 17.9. The Morgan fingerprint density at radius 2 is 1.93 bits per heavy atom. The van der Waals surface area contributed by atoms with Gasteiger partial charge in [-0.15, -0.1) is 0 Å². The third kappa shape index (κ3) is 5.79. The van der Waals surface area contributed by atoms with Gasteiger partial charge in [0.05, 0.1) is 6.04 Å². The highest BCUT2D eigenvalue weighted by molar-refractivity contribution is 5.89. The quantitative estimate of drug-likeness (QED) is 0.556. The number of nitrogen functional groups attached to an aromatic ring is 1. The average molecular weight is 410 g/mol. The van der Waals surface area contributed by atoms with Gasteiger partial charge in [-0.3, -0.25) is 9.59 Å². The van der Waals surface area contributed by atoms with E-state index in [4.69, 9.17) is 5.73 Å². The van der Waals surface area contributed by atoms with Gasteiger partial charge in [0.1, 0.15) is 11.9 Å². The van der Waals surface area contributed by atoms with Crippen LogP contribution in [0.15, 0.2) is 36.4 Å². The van der Waals surface area contributed by atoms with Crippen molar-refractivity contribution in [3.8, 4) is 0 Å². The Morgan fingerprint density at radius 1 is 1.20 bits per heavy atom. The highest BCUT2D eigenvalue weighted by Crippen LogP contribution is 2.20. The molecule has 0 saturated carbocycles. The fraction of sp³-hybridized carbons (Fsp3) is 0.435. The predicted molar refractivity (Wildman–Crippen MR) is 118 cm³/mol. The molecule has 1 aliphatic heterocycles. The van der Waals surface area contributed by atoms with E-state index in [-0.39, 0.29) is 17.9 Å². The summed E-state index contributed by atoms with van der Waals surface area (Å²) in [6.07, 6.45) is 1.71. The maximum absolute atomic E-state index is 12.6. The third-order valence-electron chi connectivity index (χ3n) is 5.61. The molecule has 3 atom stereocenters. The number of nitrogens with zero attached hydrogens (tertiary/aromatic N) is 1. The number of aryl methyl sites for hydroxylation is 2. The van der Waals surface area contributed by atoms with Crippen molar-refractivity contribution >= 4 is 17.6 Å². The molecule has 160 valence electrons. The summed E-state index contributed by atoms with van der Waals surface area (Å²) in [4.78, 5) is 29.2. The summed E-state index contributed by atoms with van der Waals surface area (Å²) in [5, 5.41) is 8.96. The van der Waals surface area contributed by atoms with Crippen LogP contribution in [-0.2, 0) is 22.6 Å². The molecular weight excluding hydrogens is 378 g/mol. The minimum Gasteiger partial charge on any atom is -0.384 e. The molecule has 2 aromatic rings. The SMILES string of the molecule is Cc1ccc(C[C@@H]2CN[C@@H](C(=O)N[C@@H](C)C(=O)NCc3ccc(N)nc3C)C2)cc1. The average Bonchev–Trinajstić information content (AvgIpc) is 3.17. The molecule has 0 aliphatic carbocycles. The predicted octanol–water partition coefficient (Wildman–Crippen LogP) is 1.62. The Balaban J connectivity index is 1.44. The van der Waals surface area contributed by atoms with E-state index in [1.165, 1.54) is 11.1 Å². The first kappa shape index (κ1) is 21.8. The van der Waals surface area contributed by atoms with Crippen molar-refractivity contribution in [2.45, 2.75) is 52.2 Å². The number of nitrogens with two attached hydrogens (primary N) is 1. The van der Waals surface area contributed by atoms with Crippen LogP contribution in [0, 0.1) is 19.8 Å². The van der Waals surface area contributed by atoms with Gasteiger partial charge in [0.2, 0.25) is 11.8 Å². The van der Waals surface area contributed by atoms with Gasteiger partial charge in [0.15, 0.2) is 0 Å². The fourth-order valence-corrected chi connectivity index (χ4v) is 3.73. The molecular formula is C23H31N5O2. The van der Waals surface area contributed by atoms with Crippen molar-refractivity contribution in [2.75, 3.05) is 12.3 Å².